The fourth-order valence-electron chi connectivity index (χ4n) is 2.23. The number of rotatable bonds is 4. The monoisotopic (exact) mass is 224 g/mol. The lowest BCUT2D eigenvalue weighted by Crippen LogP contribution is -2.33. The predicted octanol–water partition coefficient (Wildman–Crippen LogP) is 2.78. The Kier molecular flexibility index (Phi) is 4.15. The van der Waals surface area contributed by atoms with E-state index >= 15 is 0 Å². The molecule has 0 radical (unpaired) electrons. The van der Waals surface area contributed by atoms with Crippen molar-refractivity contribution in [2.24, 2.45) is 0 Å². The minimum absolute atomic E-state index is 0.733. The number of thioether (sulfide) groups is 1. The molecule has 0 saturated heterocycles. The van der Waals surface area contributed by atoms with Crippen LogP contribution in [0.4, 0.5) is 0 Å². The van der Waals surface area contributed by atoms with Crippen molar-refractivity contribution in [1.29, 1.82) is 0 Å². The van der Waals surface area contributed by atoms with Crippen molar-refractivity contribution in [3.05, 3.63) is 24.0 Å². The van der Waals surface area contributed by atoms with Gasteiger partial charge >= 0.3 is 0 Å². The van der Waals surface area contributed by atoms with E-state index in [1.54, 1.807) is 0 Å². The van der Waals surface area contributed by atoms with Gasteiger partial charge in [0.05, 0.1) is 0 Å². The predicted molar refractivity (Wildman–Crippen MR) is 67.2 cm³/mol. The molecule has 1 aliphatic rings. The average molecular weight is 224 g/mol. The van der Waals surface area contributed by atoms with Crippen molar-refractivity contribution in [3.8, 4) is 0 Å². The number of hydrogen-bond acceptors (Lipinski definition) is 2. The van der Waals surface area contributed by atoms with Crippen LogP contribution in [-0.4, -0.2) is 22.5 Å². The molecule has 0 amide bonds. The lowest BCUT2D eigenvalue weighted by Gasteiger charge is -2.28. The van der Waals surface area contributed by atoms with E-state index in [0.29, 0.717) is 0 Å². The van der Waals surface area contributed by atoms with Crippen LogP contribution in [0.5, 0.6) is 0 Å². The fraction of sp³-hybridized carbons (Fsp3) is 0.667. The van der Waals surface area contributed by atoms with Gasteiger partial charge in [-0.1, -0.05) is 0 Å². The Labute approximate surface area is 96.2 Å². The highest BCUT2D eigenvalue weighted by molar-refractivity contribution is 7.99. The van der Waals surface area contributed by atoms with Crippen molar-refractivity contribution in [2.75, 3.05) is 6.26 Å². The van der Waals surface area contributed by atoms with Crippen LogP contribution >= 0.6 is 11.8 Å². The zero-order valence-electron chi connectivity index (χ0n) is 9.33. The number of nitrogens with one attached hydrogen (secondary N) is 2. The normalized spacial score (nSPS) is 26.7. The SMILES string of the molecule is CSC1CCC(NCc2ccc[nH]2)CC1. The molecule has 2 nitrogen and oxygen atoms in total. The summed E-state index contributed by atoms with van der Waals surface area (Å²) in [5.74, 6) is 0. The number of aromatic nitrogens is 1. The largest absolute Gasteiger partial charge is 0.364 e. The van der Waals surface area contributed by atoms with Gasteiger partial charge in [0.15, 0.2) is 0 Å². The van der Waals surface area contributed by atoms with Crippen LogP contribution in [0.25, 0.3) is 0 Å². The van der Waals surface area contributed by atoms with E-state index < -0.39 is 0 Å². The van der Waals surface area contributed by atoms with Crippen molar-refractivity contribution in [2.45, 2.75) is 43.5 Å². The average Bonchev–Trinajstić information content (AvgIpc) is 2.80. The summed E-state index contributed by atoms with van der Waals surface area (Å²) in [6, 6.07) is 4.93. The van der Waals surface area contributed by atoms with Crippen molar-refractivity contribution in [1.82, 2.24) is 10.3 Å². The first kappa shape index (κ1) is 11.1. The van der Waals surface area contributed by atoms with Crippen LogP contribution in [0, 0.1) is 0 Å². The summed E-state index contributed by atoms with van der Waals surface area (Å²) in [6.45, 7) is 0.988. The van der Waals surface area contributed by atoms with Gasteiger partial charge < -0.3 is 10.3 Å². The second kappa shape index (κ2) is 5.61. The highest BCUT2D eigenvalue weighted by Crippen LogP contribution is 2.26. The van der Waals surface area contributed by atoms with Gasteiger partial charge in [-0.05, 0) is 44.1 Å². The molecular weight excluding hydrogens is 204 g/mol. The lowest BCUT2D eigenvalue weighted by atomic mass is 9.95. The van der Waals surface area contributed by atoms with Gasteiger partial charge in [-0.3, -0.25) is 0 Å². The van der Waals surface area contributed by atoms with Gasteiger partial charge in [-0.2, -0.15) is 11.8 Å². The molecule has 3 heteroatoms. The van der Waals surface area contributed by atoms with Crippen molar-refractivity contribution >= 4 is 11.8 Å². The number of hydrogen-bond donors (Lipinski definition) is 2. The van der Waals surface area contributed by atoms with Crippen LogP contribution in [0.15, 0.2) is 18.3 Å². The first-order valence-corrected chi connectivity index (χ1v) is 7.05. The summed E-state index contributed by atoms with van der Waals surface area (Å²) in [4.78, 5) is 3.23. The van der Waals surface area contributed by atoms with E-state index in [9.17, 15) is 0 Å². The molecular formula is C12H20N2S. The Morgan fingerprint density at radius 3 is 2.80 bits per heavy atom. The van der Waals surface area contributed by atoms with Crippen LogP contribution < -0.4 is 5.32 Å². The van der Waals surface area contributed by atoms with Gasteiger partial charge in [0.25, 0.3) is 0 Å². The second-order valence-corrected chi connectivity index (χ2v) is 5.42. The highest BCUT2D eigenvalue weighted by Gasteiger charge is 2.19. The summed E-state index contributed by atoms with van der Waals surface area (Å²) < 4.78 is 0. The number of aromatic amines is 1. The lowest BCUT2D eigenvalue weighted by molar-refractivity contribution is 0.377. The zero-order valence-corrected chi connectivity index (χ0v) is 10.1. The summed E-state index contributed by atoms with van der Waals surface area (Å²) >= 11 is 2.03. The van der Waals surface area contributed by atoms with Gasteiger partial charge in [0, 0.05) is 29.7 Å². The van der Waals surface area contributed by atoms with E-state index in [1.807, 2.05) is 18.0 Å². The second-order valence-electron chi connectivity index (χ2n) is 4.29. The van der Waals surface area contributed by atoms with E-state index in [2.05, 4.69) is 28.7 Å². The van der Waals surface area contributed by atoms with E-state index in [1.165, 1.54) is 31.4 Å². The molecule has 1 heterocycles. The van der Waals surface area contributed by atoms with Crippen molar-refractivity contribution < 1.29 is 0 Å². The Bertz CT molecular complexity index is 263. The van der Waals surface area contributed by atoms with Crippen LogP contribution in [-0.2, 0) is 6.54 Å². The Morgan fingerprint density at radius 2 is 2.20 bits per heavy atom. The van der Waals surface area contributed by atoms with Crippen molar-refractivity contribution in [3.63, 3.8) is 0 Å². The third-order valence-corrected chi connectivity index (χ3v) is 4.39. The maximum atomic E-state index is 3.63. The Morgan fingerprint density at radius 1 is 1.40 bits per heavy atom. The third kappa shape index (κ3) is 3.28. The molecule has 1 fully saturated rings. The quantitative estimate of drug-likeness (QED) is 0.823. The number of H-pyrrole nitrogens is 1. The Hall–Kier alpha value is -0.410. The highest BCUT2D eigenvalue weighted by atomic mass is 32.2. The first-order chi connectivity index (χ1) is 7.38. The molecule has 1 saturated carbocycles. The molecule has 84 valence electrons. The van der Waals surface area contributed by atoms with Crippen LogP contribution in [0.2, 0.25) is 0 Å². The molecule has 1 aromatic rings. The third-order valence-electron chi connectivity index (χ3n) is 3.25. The molecule has 15 heavy (non-hydrogen) atoms. The summed E-state index contributed by atoms with van der Waals surface area (Å²) in [5.41, 5.74) is 1.29. The van der Waals surface area contributed by atoms with E-state index in [4.69, 9.17) is 0 Å². The molecule has 1 aliphatic carbocycles. The molecule has 0 unspecified atom stereocenters. The first-order valence-electron chi connectivity index (χ1n) is 5.77. The molecule has 0 atom stereocenters. The fourth-order valence-corrected chi connectivity index (χ4v) is 2.98. The molecule has 0 bridgehead atoms. The van der Waals surface area contributed by atoms with Gasteiger partial charge in [-0.25, -0.2) is 0 Å². The summed E-state index contributed by atoms with van der Waals surface area (Å²) in [5, 5.41) is 4.54. The molecule has 2 N–H and O–H groups in total. The summed E-state index contributed by atoms with van der Waals surface area (Å²) in [6.07, 6.45) is 9.66. The maximum Gasteiger partial charge on any atom is 0.0359 e. The van der Waals surface area contributed by atoms with E-state index in [-0.39, 0.29) is 0 Å². The minimum atomic E-state index is 0.733. The molecule has 1 aromatic heterocycles. The molecule has 0 aliphatic heterocycles. The summed E-state index contributed by atoms with van der Waals surface area (Å²) in [7, 11) is 0. The Balaban J connectivity index is 1.69. The van der Waals surface area contributed by atoms with Gasteiger partial charge in [0.2, 0.25) is 0 Å². The van der Waals surface area contributed by atoms with Gasteiger partial charge in [-0.15, -0.1) is 0 Å². The van der Waals surface area contributed by atoms with Crippen LogP contribution in [0.3, 0.4) is 0 Å². The molecule has 2 rings (SSSR count). The topological polar surface area (TPSA) is 27.8 Å². The minimum Gasteiger partial charge on any atom is -0.364 e. The standard InChI is InChI=1S/C12H20N2S/c1-15-12-6-4-10(5-7-12)14-9-11-3-2-8-13-11/h2-3,8,10,12-14H,4-7,9H2,1H3. The van der Waals surface area contributed by atoms with Gasteiger partial charge in [0.1, 0.15) is 0 Å². The maximum absolute atomic E-state index is 3.63. The van der Waals surface area contributed by atoms with E-state index in [0.717, 1.165) is 17.8 Å². The molecule has 0 spiro atoms. The van der Waals surface area contributed by atoms with Crippen LogP contribution in [0.1, 0.15) is 31.4 Å². The smallest absolute Gasteiger partial charge is 0.0359 e. The zero-order chi connectivity index (χ0) is 10.5. The molecule has 0 aromatic carbocycles.